The number of furan rings is 1. The number of thioether (sulfide) groups is 2. The Labute approximate surface area is 214 Å². The van der Waals surface area contributed by atoms with Crippen molar-refractivity contribution < 1.29 is 18.7 Å². The van der Waals surface area contributed by atoms with Crippen LogP contribution >= 0.6 is 35.1 Å². The van der Waals surface area contributed by atoms with Crippen LogP contribution in [0.2, 0.25) is 5.02 Å². The average Bonchev–Trinajstić information content (AvgIpc) is 3.48. The van der Waals surface area contributed by atoms with Crippen molar-refractivity contribution >= 4 is 69.1 Å². The SMILES string of the molecule is N=C1/C(=C\c2ccc(SCc3ccc(Cl)cc3)o2)C(=O)N=C2SC(CC(=O)N3CCOCC3)=NN12. The number of nitrogens with one attached hydrogen (secondary N) is 1. The number of benzene rings is 1. The molecule has 180 valence electrons. The van der Waals surface area contributed by atoms with Gasteiger partial charge in [-0.15, -0.1) is 0 Å². The third kappa shape index (κ3) is 5.53. The van der Waals surface area contributed by atoms with E-state index in [1.807, 2.05) is 30.3 Å². The van der Waals surface area contributed by atoms with E-state index in [4.69, 9.17) is 26.2 Å². The van der Waals surface area contributed by atoms with Crippen LogP contribution in [-0.2, 0) is 20.1 Å². The summed E-state index contributed by atoms with van der Waals surface area (Å²) in [5.41, 5.74) is 1.18. The molecule has 3 aliphatic heterocycles. The van der Waals surface area contributed by atoms with Gasteiger partial charge < -0.3 is 14.1 Å². The molecule has 12 heteroatoms. The first-order valence-electron chi connectivity index (χ1n) is 10.8. The third-order valence-electron chi connectivity index (χ3n) is 5.35. The van der Waals surface area contributed by atoms with Gasteiger partial charge in [0.15, 0.2) is 10.9 Å². The van der Waals surface area contributed by atoms with Gasteiger partial charge in [-0.3, -0.25) is 15.0 Å². The van der Waals surface area contributed by atoms with Gasteiger partial charge in [-0.05, 0) is 47.7 Å². The van der Waals surface area contributed by atoms with Crippen molar-refractivity contribution in [1.29, 1.82) is 5.41 Å². The van der Waals surface area contributed by atoms with E-state index in [1.165, 1.54) is 22.8 Å². The van der Waals surface area contributed by atoms with Gasteiger partial charge in [-0.2, -0.15) is 15.1 Å². The van der Waals surface area contributed by atoms with Gasteiger partial charge in [0.25, 0.3) is 5.91 Å². The molecule has 2 amide bonds. The Balaban J connectivity index is 1.25. The number of carbonyl (C=O) groups excluding carboxylic acids is 2. The first-order valence-corrected chi connectivity index (χ1v) is 13.0. The van der Waals surface area contributed by atoms with E-state index < -0.39 is 5.91 Å². The van der Waals surface area contributed by atoms with Crippen LogP contribution in [0.4, 0.5) is 0 Å². The van der Waals surface area contributed by atoms with Crippen molar-refractivity contribution in [3.63, 3.8) is 0 Å². The number of carbonyl (C=O) groups is 2. The summed E-state index contributed by atoms with van der Waals surface area (Å²) in [6.07, 6.45) is 1.58. The summed E-state index contributed by atoms with van der Waals surface area (Å²) < 4.78 is 11.1. The lowest BCUT2D eigenvalue weighted by Crippen LogP contribution is -2.41. The summed E-state index contributed by atoms with van der Waals surface area (Å²) in [6.45, 7) is 2.13. The fourth-order valence-electron chi connectivity index (χ4n) is 3.52. The van der Waals surface area contributed by atoms with Crippen molar-refractivity contribution in [2.75, 3.05) is 26.3 Å². The van der Waals surface area contributed by atoms with Crippen LogP contribution in [0.1, 0.15) is 17.7 Å². The molecule has 0 radical (unpaired) electrons. The molecule has 35 heavy (non-hydrogen) atoms. The highest BCUT2D eigenvalue weighted by molar-refractivity contribution is 8.27. The largest absolute Gasteiger partial charge is 0.450 e. The highest BCUT2D eigenvalue weighted by Gasteiger charge is 2.36. The molecule has 9 nitrogen and oxygen atoms in total. The summed E-state index contributed by atoms with van der Waals surface area (Å²) in [4.78, 5) is 31.0. The number of hydrogen-bond acceptors (Lipinski definition) is 8. The zero-order chi connectivity index (χ0) is 24.4. The number of nitrogens with zero attached hydrogens (tertiary/aromatic N) is 4. The van der Waals surface area contributed by atoms with Crippen LogP contribution in [0.5, 0.6) is 0 Å². The van der Waals surface area contributed by atoms with E-state index in [1.54, 1.807) is 11.0 Å². The molecule has 5 rings (SSSR count). The average molecular weight is 530 g/mol. The number of morpholine rings is 1. The zero-order valence-corrected chi connectivity index (χ0v) is 20.8. The van der Waals surface area contributed by atoms with Gasteiger partial charge in [0.05, 0.1) is 25.2 Å². The van der Waals surface area contributed by atoms with Crippen LogP contribution in [0.25, 0.3) is 6.08 Å². The maximum Gasteiger partial charge on any atom is 0.283 e. The summed E-state index contributed by atoms with van der Waals surface area (Å²) >= 11 is 8.57. The third-order valence-corrected chi connectivity index (χ3v) is 7.49. The predicted octanol–water partition coefficient (Wildman–Crippen LogP) is 4.09. The Kier molecular flexibility index (Phi) is 7.09. The van der Waals surface area contributed by atoms with E-state index in [0.29, 0.717) is 53.0 Å². The molecule has 0 unspecified atom stereocenters. The fourth-order valence-corrected chi connectivity index (χ4v) is 5.35. The number of aliphatic imine (C=N–C) groups is 1. The van der Waals surface area contributed by atoms with Crippen LogP contribution in [0.15, 0.2) is 61.6 Å². The molecule has 0 bridgehead atoms. The molecule has 0 atom stereocenters. The summed E-state index contributed by atoms with van der Waals surface area (Å²) in [5.74, 6) is 0.431. The molecule has 0 aliphatic carbocycles. The van der Waals surface area contributed by atoms with E-state index in [2.05, 4.69) is 10.1 Å². The highest BCUT2D eigenvalue weighted by Crippen LogP contribution is 2.31. The summed E-state index contributed by atoms with van der Waals surface area (Å²) in [7, 11) is 0. The Morgan fingerprint density at radius 1 is 1.20 bits per heavy atom. The number of hydrazone groups is 1. The number of amides is 2. The molecule has 1 aromatic heterocycles. The van der Waals surface area contributed by atoms with E-state index in [-0.39, 0.29) is 28.9 Å². The van der Waals surface area contributed by atoms with Crippen molar-refractivity contribution in [3.8, 4) is 0 Å². The lowest BCUT2D eigenvalue weighted by molar-refractivity contribution is -0.133. The van der Waals surface area contributed by atoms with Crippen molar-refractivity contribution in [3.05, 3.63) is 58.3 Å². The van der Waals surface area contributed by atoms with Crippen molar-refractivity contribution in [2.24, 2.45) is 10.1 Å². The van der Waals surface area contributed by atoms with Crippen molar-refractivity contribution in [1.82, 2.24) is 9.91 Å². The number of halogens is 1. The van der Waals surface area contributed by atoms with Gasteiger partial charge in [-0.1, -0.05) is 35.5 Å². The molecule has 0 spiro atoms. The molecule has 4 heterocycles. The zero-order valence-electron chi connectivity index (χ0n) is 18.4. The molecule has 2 aromatic rings. The number of hydrogen-bond donors (Lipinski definition) is 1. The maximum absolute atomic E-state index is 12.6. The van der Waals surface area contributed by atoms with E-state index in [0.717, 1.165) is 17.3 Å². The Morgan fingerprint density at radius 3 is 2.74 bits per heavy atom. The standard InChI is InChI=1S/C23H20ClN5O4S2/c24-15-3-1-14(2-4-15)13-34-20-6-5-16(33-20)11-17-21(25)29-23(26-22(17)31)35-18(27-29)12-19(30)28-7-9-32-10-8-28/h1-6,11,25H,7-10,12-13H2/b17-11+,25-21?. The molecule has 3 aliphatic rings. The molecule has 1 fully saturated rings. The number of ether oxygens (including phenoxy) is 1. The molecule has 0 saturated carbocycles. The molecular formula is C23H20ClN5O4S2. The monoisotopic (exact) mass is 529 g/mol. The van der Waals surface area contributed by atoms with Gasteiger partial charge >= 0.3 is 0 Å². The maximum atomic E-state index is 12.6. The Hall–Kier alpha value is -2.86. The summed E-state index contributed by atoms with van der Waals surface area (Å²) in [5, 5.41) is 16.3. The van der Waals surface area contributed by atoms with Crippen molar-refractivity contribution in [2.45, 2.75) is 17.3 Å². The molecule has 1 aromatic carbocycles. The number of fused-ring (bicyclic) bond motifs is 1. The predicted molar refractivity (Wildman–Crippen MR) is 137 cm³/mol. The second-order valence-corrected chi connectivity index (χ2v) is 10.2. The topological polar surface area (TPSA) is 112 Å². The van der Waals surface area contributed by atoms with Gasteiger partial charge in [-0.25, -0.2) is 0 Å². The normalized spacial score (nSPS) is 19.2. The minimum atomic E-state index is -0.545. The smallest absolute Gasteiger partial charge is 0.283 e. The van der Waals surface area contributed by atoms with Crippen LogP contribution in [0.3, 0.4) is 0 Å². The lowest BCUT2D eigenvalue weighted by atomic mass is 10.1. The molecular weight excluding hydrogens is 510 g/mol. The van der Waals surface area contributed by atoms with Gasteiger partial charge in [0, 0.05) is 23.9 Å². The van der Waals surface area contributed by atoms with Crippen LogP contribution < -0.4 is 0 Å². The van der Waals surface area contributed by atoms with E-state index >= 15 is 0 Å². The molecule has 1 saturated heterocycles. The highest BCUT2D eigenvalue weighted by atomic mass is 35.5. The molecule has 1 N–H and O–H groups in total. The Morgan fingerprint density at radius 2 is 1.97 bits per heavy atom. The van der Waals surface area contributed by atoms with Crippen LogP contribution in [0, 0.1) is 5.41 Å². The second-order valence-electron chi connectivity index (χ2n) is 7.76. The van der Waals surface area contributed by atoms with Gasteiger partial charge in [0.1, 0.15) is 10.8 Å². The quantitative estimate of drug-likeness (QED) is 0.443. The minimum Gasteiger partial charge on any atom is -0.450 e. The lowest BCUT2D eigenvalue weighted by Gasteiger charge is -2.26. The van der Waals surface area contributed by atoms with Crippen LogP contribution in [-0.4, -0.2) is 64.1 Å². The minimum absolute atomic E-state index is 0.0622. The number of rotatable bonds is 6. The fraction of sp³-hybridized carbons (Fsp3) is 0.261. The van der Waals surface area contributed by atoms with Gasteiger partial charge in [0.2, 0.25) is 11.1 Å². The second kappa shape index (κ2) is 10.4. The summed E-state index contributed by atoms with van der Waals surface area (Å²) in [6, 6.07) is 11.1. The van der Waals surface area contributed by atoms with E-state index in [9.17, 15) is 9.59 Å². The first-order chi connectivity index (χ1) is 17.0. The number of amidine groups is 2. The Bertz CT molecular complexity index is 1260. The first kappa shape index (κ1) is 23.9.